The van der Waals surface area contributed by atoms with Crippen molar-refractivity contribution >= 4 is 22.9 Å². The number of nitrogens with zero attached hydrogens (tertiary/aromatic N) is 1. The van der Waals surface area contributed by atoms with E-state index >= 15 is 0 Å². The van der Waals surface area contributed by atoms with Crippen LogP contribution in [0.5, 0.6) is 17.2 Å². The van der Waals surface area contributed by atoms with Gasteiger partial charge in [-0.2, -0.15) is 0 Å². The molecule has 1 N–H and O–H groups in total. The average Bonchev–Trinajstić information content (AvgIpc) is 3.27. The van der Waals surface area contributed by atoms with Crippen LogP contribution in [0.4, 0.5) is 5.69 Å². The van der Waals surface area contributed by atoms with Crippen LogP contribution in [0.3, 0.4) is 0 Å². The lowest BCUT2D eigenvalue weighted by Gasteiger charge is -2.22. The molecule has 0 aliphatic carbocycles. The van der Waals surface area contributed by atoms with Crippen LogP contribution in [0.25, 0.3) is 0 Å². The standard InChI is InChI=1S/C23H26N2O4S/c1-27-18-10-11-22(29-3)20(13-18)24-23(26)16-25(15-19-8-6-12-30-19)14-17-7-4-5-9-21(17)28-2/h4-13H,14-16H2,1-3H3,(H,24,26). The molecule has 0 spiro atoms. The molecule has 1 amide bonds. The number of carbonyl (C=O) groups is 1. The molecule has 7 heteroatoms. The first-order valence-electron chi connectivity index (χ1n) is 9.51. The van der Waals surface area contributed by atoms with Gasteiger partial charge in [-0.15, -0.1) is 11.3 Å². The topological polar surface area (TPSA) is 60.0 Å². The van der Waals surface area contributed by atoms with Gasteiger partial charge in [0.05, 0.1) is 33.6 Å². The van der Waals surface area contributed by atoms with E-state index in [1.165, 1.54) is 4.88 Å². The lowest BCUT2D eigenvalue weighted by atomic mass is 10.2. The fourth-order valence-electron chi connectivity index (χ4n) is 3.17. The van der Waals surface area contributed by atoms with Gasteiger partial charge in [-0.3, -0.25) is 9.69 Å². The first-order valence-corrected chi connectivity index (χ1v) is 10.4. The number of carbonyl (C=O) groups excluding carboxylic acids is 1. The molecule has 0 unspecified atom stereocenters. The number of thiophene rings is 1. The molecule has 158 valence electrons. The van der Waals surface area contributed by atoms with E-state index in [0.29, 0.717) is 30.3 Å². The number of anilines is 1. The van der Waals surface area contributed by atoms with Gasteiger partial charge >= 0.3 is 0 Å². The second-order valence-electron chi connectivity index (χ2n) is 6.65. The molecule has 0 saturated carbocycles. The number of hydrogen-bond acceptors (Lipinski definition) is 6. The van der Waals surface area contributed by atoms with Crippen LogP contribution in [-0.2, 0) is 17.9 Å². The van der Waals surface area contributed by atoms with Crippen molar-refractivity contribution in [1.82, 2.24) is 4.90 Å². The van der Waals surface area contributed by atoms with Gasteiger partial charge in [-0.05, 0) is 29.6 Å². The number of methoxy groups -OCH3 is 3. The van der Waals surface area contributed by atoms with Crippen molar-refractivity contribution < 1.29 is 19.0 Å². The number of amides is 1. The van der Waals surface area contributed by atoms with Crippen LogP contribution in [0.2, 0.25) is 0 Å². The van der Waals surface area contributed by atoms with Crippen LogP contribution < -0.4 is 19.5 Å². The molecule has 0 radical (unpaired) electrons. The zero-order chi connectivity index (χ0) is 21.3. The Hall–Kier alpha value is -3.03. The van der Waals surface area contributed by atoms with Crippen LogP contribution >= 0.6 is 11.3 Å². The highest BCUT2D eigenvalue weighted by atomic mass is 32.1. The van der Waals surface area contributed by atoms with Crippen molar-refractivity contribution in [2.75, 3.05) is 33.2 Å². The highest BCUT2D eigenvalue weighted by Crippen LogP contribution is 2.29. The van der Waals surface area contributed by atoms with Gasteiger partial charge in [-0.25, -0.2) is 0 Å². The Bertz CT molecular complexity index is 960. The minimum atomic E-state index is -0.131. The molecule has 0 bridgehead atoms. The lowest BCUT2D eigenvalue weighted by molar-refractivity contribution is -0.117. The van der Waals surface area contributed by atoms with Crippen molar-refractivity contribution in [3.8, 4) is 17.2 Å². The van der Waals surface area contributed by atoms with Gasteiger partial charge < -0.3 is 19.5 Å². The van der Waals surface area contributed by atoms with E-state index in [9.17, 15) is 4.79 Å². The molecule has 0 atom stereocenters. The molecule has 0 aliphatic heterocycles. The Morgan fingerprint density at radius 1 is 0.933 bits per heavy atom. The Balaban J connectivity index is 1.76. The molecule has 30 heavy (non-hydrogen) atoms. The summed E-state index contributed by atoms with van der Waals surface area (Å²) in [5.41, 5.74) is 1.61. The molecule has 1 heterocycles. The highest BCUT2D eigenvalue weighted by molar-refractivity contribution is 7.09. The second kappa shape index (κ2) is 10.7. The molecule has 3 aromatic rings. The Morgan fingerprint density at radius 2 is 1.73 bits per heavy atom. The van der Waals surface area contributed by atoms with Crippen molar-refractivity contribution in [2.45, 2.75) is 13.1 Å². The zero-order valence-electron chi connectivity index (χ0n) is 17.4. The fraction of sp³-hybridized carbons (Fsp3) is 0.261. The number of hydrogen-bond donors (Lipinski definition) is 1. The highest BCUT2D eigenvalue weighted by Gasteiger charge is 2.16. The van der Waals surface area contributed by atoms with E-state index in [-0.39, 0.29) is 12.5 Å². The number of ether oxygens (including phenoxy) is 3. The van der Waals surface area contributed by atoms with E-state index < -0.39 is 0 Å². The normalized spacial score (nSPS) is 10.7. The molecule has 6 nitrogen and oxygen atoms in total. The number of nitrogens with one attached hydrogen (secondary N) is 1. The molecule has 0 fully saturated rings. The number of benzene rings is 2. The largest absolute Gasteiger partial charge is 0.497 e. The maximum Gasteiger partial charge on any atom is 0.238 e. The minimum Gasteiger partial charge on any atom is -0.497 e. The number of rotatable bonds is 10. The van der Waals surface area contributed by atoms with E-state index in [4.69, 9.17) is 14.2 Å². The van der Waals surface area contributed by atoms with Crippen molar-refractivity contribution in [2.24, 2.45) is 0 Å². The van der Waals surface area contributed by atoms with Crippen molar-refractivity contribution in [3.63, 3.8) is 0 Å². The van der Waals surface area contributed by atoms with Gasteiger partial charge in [0, 0.05) is 29.6 Å². The van der Waals surface area contributed by atoms with E-state index in [1.807, 2.05) is 35.7 Å². The van der Waals surface area contributed by atoms with E-state index in [1.54, 1.807) is 50.9 Å². The SMILES string of the molecule is COc1ccc(OC)c(NC(=O)CN(Cc2cccs2)Cc2ccccc2OC)c1. The molecule has 0 aliphatic rings. The molecular formula is C23H26N2O4S. The molecule has 0 saturated heterocycles. The van der Waals surface area contributed by atoms with E-state index in [2.05, 4.69) is 16.3 Å². The van der Waals surface area contributed by atoms with Crippen molar-refractivity contribution in [3.05, 3.63) is 70.4 Å². The molecule has 1 aromatic heterocycles. The summed E-state index contributed by atoms with van der Waals surface area (Å²) in [7, 11) is 4.82. The summed E-state index contributed by atoms with van der Waals surface area (Å²) in [5.74, 6) is 1.91. The fourth-order valence-corrected chi connectivity index (χ4v) is 3.92. The summed E-state index contributed by atoms with van der Waals surface area (Å²) in [6, 6.07) is 17.3. The van der Waals surface area contributed by atoms with Crippen LogP contribution in [0, 0.1) is 0 Å². The molecule has 2 aromatic carbocycles. The predicted octanol–water partition coefficient (Wildman–Crippen LogP) is 4.41. The van der Waals surface area contributed by atoms with Crippen molar-refractivity contribution in [1.29, 1.82) is 0 Å². The quantitative estimate of drug-likeness (QED) is 0.520. The van der Waals surface area contributed by atoms with Crippen LogP contribution in [0.1, 0.15) is 10.4 Å². The molecular weight excluding hydrogens is 400 g/mol. The predicted molar refractivity (Wildman–Crippen MR) is 120 cm³/mol. The number of para-hydroxylation sites is 1. The first-order chi connectivity index (χ1) is 14.6. The van der Waals surface area contributed by atoms with Gasteiger partial charge in [0.15, 0.2) is 0 Å². The first kappa shape index (κ1) is 21.7. The van der Waals surface area contributed by atoms with Crippen LogP contribution in [0.15, 0.2) is 60.0 Å². The second-order valence-corrected chi connectivity index (χ2v) is 7.68. The summed E-state index contributed by atoms with van der Waals surface area (Å²) in [6.45, 7) is 1.47. The maximum atomic E-state index is 12.9. The molecule has 3 rings (SSSR count). The monoisotopic (exact) mass is 426 g/mol. The lowest BCUT2D eigenvalue weighted by Crippen LogP contribution is -2.32. The van der Waals surface area contributed by atoms with Gasteiger partial charge in [0.25, 0.3) is 0 Å². The summed E-state index contributed by atoms with van der Waals surface area (Å²) < 4.78 is 16.1. The van der Waals surface area contributed by atoms with E-state index in [0.717, 1.165) is 11.3 Å². The third-order valence-electron chi connectivity index (χ3n) is 4.59. The summed E-state index contributed by atoms with van der Waals surface area (Å²) >= 11 is 1.67. The van der Waals surface area contributed by atoms with Gasteiger partial charge in [0.1, 0.15) is 17.2 Å². The average molecular weight is 427 g/mol. The summed E-state index contributed by atoms with van der Waals surface area (Å²) in [4.78, 5) is 16.2. The zero-order valence-corrected chi connectivity index (χ0v) is 18.2. The summed E-state index contributed by atoms with van der Waals surface area (Å²) in [6.07, 6.45) is 0. The third kappa shape index (κ3) is 5.75. The smallest absolute Gasteiger partial charge is 0.238 e. The van der Waals surface area contributed by atoms with Gasteiger partial charge in [0.2, 0.25) is 5.91 Å². The Labute approximate surface area is 181 Å². The minimum absolute atomic E-state index is 0.131. The maximum absolute atomic E-state index is 12.9. The summed E-state index contributed by atoms with van der Waals surface area (Å²) in [5, 5.41) is 4.99. The third-order valence-corrected chi connectivity index (χ3v) is 5.46. The van der Waals surface area contributed by atoms with Crippen LogP contribution in [-0.4, -0.2) is 38.7 Å². The Kier molecular flexibility index (Phi) is 7.70. The Morgan fingerprint density at radius 3 is 2.43 bits per heavy atom. The van der Waals surface area contributed by atoms with Gasteiger partial charge in [-0.1, -0.05) is 24.3 Å².